The van der Waals surface area contributed by atoms with Crippen molar-refractivity contribution in [2.45, 2.75) is 111 Å². The molecule has 10 rings (SSSR count). The molecule has 2 aromatic carbocycles. The van der Waals surface area contributed by atoms with Gasteiger partial charge in [0.2, 0.25) is 0 Å². The van der Waals surface area contributed by atoms with Gasteiger partial charge < -0.3 is 14.7 Å². The van der Waals surface area contributed by atoms with Crippen LogP contribution in [0.2, 0.25) is 0 Å². The van der Waals surface area contributed by atoms with Crippen molar-refractivity contribution in [3.63, 3.8) is 0 Å². The fourth-order valence-electron chi connectivity index (χ4n) is 12.0. The van der Waals surface area contributed by atoms with Crippen LogP contribution in [0.25, 0.3) is 21.3 Å². The highest BCUT2D eigenvalue weighted by Gasteiger charge is 2.66. The summed E-state index contributed by atoms with van der Waals surface area (Å²) in [6, 6.07) is 17.4. The van der Waals surface area contributed by atoms with Gasteiger partial charge in [0, 0.05) is 42.0 Å². The van der Waals surface area contributed by atoms with E-state index in [1.165, 1.54) is 17.8 Å². The van der Waals surface area contributed by atoms with Crippen molar-refractivity contribution in [1.82, 2.24) is 19.7 Å². The van der Waals surface area contributed by atoms with E-state index in [9.17, 15) is 14.7 Å². The molecular weight excluding hydrogens is 709 g/mol. The first-order valence-electron chi connectivity index (χ1n) is 19.5. The Morgan fingerprint density at radius 3 is 2.42 bits per heavy atom. The smallest absolute Gasteiger partial charge is 0.355 e. The molecule has 4 saturated carbocycles. The Hall–Kier alpha value is -4.61. The number of rotatable bonds is 8. The van der Waals surface area contributed by atoms with Crippen LogP contribution >= 0.6 is 11.3 Å². The van der Waals surface area contributed by atoms with Crippen molar-refractivity contribution >= 4 is 44.4 Å². The Morgan fingerprint density at radius 2 is 1.69 bits per heavy atom. The number of amides is 1. The Bertz CT molecular complexity index is 2320. The number of pyridine rings is 1. The lowest BCUT2D eigenvalue weighted by Crippen LogP contribution is -2.65. The minimum absolute atomic E-state index is 0.000155. The number of carboxylic acids is 1. The van der Waals surface area contributed by atoms with E-state index in [-0.39, 0.29) is 39.0 Å². The highest BCUT2D eigenvalue weighted by molar-refractivity contribution is 7.22. The Labute approximate surface area is 326 Å². The summed E-state index contributed by atoms with van der Waals surface area (Å²) in [6.45, 7) is 15.4. The summed E-state index contributed by atoms with van der Waals surface area (Å²) in [5.74, 6) is -0.730. The molecule has 5 aromatic rings. The summed E-state index contributed by atoms with van der Waals surface area (Å²) in [5, 5.41) is 19.0. The third-order valence-electron chi connectivity index (χ3n) is 12.5. The predicted octanol–water partition coefficient (Wildman–Crippen LogP) is 9.31. The van der Waals surface area contributed by atoms with E-state index in [1.54, 1.807) is 0 Å². The third-order valence-corrected chi connectivity index (χ3v) is 13.4. The molecule has 2 N–H and O–H groups in total. The molecule has 286 valence electrons. The summed E-state index contributed by atoms with van der Waals surface area (Å²) >= 11 is 1.45. The molecule has 55 heavy (non-hydrogen) atoms. The molecule has 10 nitrogen and oxygen atoms in total. The molecule has 3 aromatic heterocycles. The van der Waals surface area contributed by atoms with Crippen LogP contribution in [0.5, 0.6) is 0 Å². The van der Waals surface area contributed by atoms with Crippen LogP contribution in [0.4, 0.5) is 10.9 Å². The zero-order valence-corrected chi connectivity index (χ0v) is 33.5. The predicted molar refractivity (Wildman–Crippen MR) is 216 cm³/mol. The number of thiazole rings is 1. The van der Waals surface area contributed by atoms with Crippen molar-refractivity contribution in [1.29, 1.82) is 0 Å². The van der Waals surface area contributed by atoms with Gasteiger partial charge in [-0.15, -0.1) is 0 Å². The maximum atomic E-state index is 13.6. The Kier molecular flexibility index (Phi) is 8.16. The Balaban J connectivity index is 0.974. The third kappa shape index (κ3) is 6.52. The number of carbonyl (C=O) groups excluding carboxylic acids is 1. The van der Waals surface area contributed by atoms with E-state index in [0.717, 1.165) is 71.2 Å². The average Bonchev–Trinajstić information content (AvgIpc) is 3.66. The van der Waals surface area contributed by atoms with Crippen LogP contribution in [0.3, 0.4) is 0 Å². The first-order valence-corrected chi connectivity index (χ1v) is 20.3. The van der Waals surface area contributed by atoms with Crippen molar-refractivity contribution < 1.29 is 19.4 Å². The van der Waals surface area contributed by atoms with Gasteiger partial charge in [0.25, 0.3) is 5.91 Å². The zero-order chi connectivity index (χ0) is 38.5. The van der Waals surface area contributed by atoms with Gasteiger partial charge in [-0.25, -0.2) is 14.8 Å². The van der Waals surface area contributed by atoms with Crippen LogP contribution in [0.15, 0.2) is 60.8 Å². The van der Waals surface area contributed by atoms with Crippen LogP contribution in [-0.4, -0.2) is 54.5 Å². The largest absolute Gasteiger partial charge is 0.476 e. The molecule has 4 bridgehead atoms. The summed E-state index contributed by atoms with van der Waals surface area (Å²) in [5.41, 5.74) is 5.91. The van der Waals surface area contributed by atoms with Crippen molar-refractivity contribution in [3.8, 4) is 11.1 Å². The van der Waals surface area contributed by atoms with Gasteiger partial charge in [-0.3, -0.25) is 14.8 Å². The number of para-hydroxylation sites is 1. The number of fused-ring (bicyclic) bond motifs is 2. The molecule has 5 aliphatic rings. The summed E-state index contributed by atoms with van der Waals surface area (Å²) in [7, 11) is 0. The summed E-state index contributed by atoms with van der Waals surface area (Å²) in [6.07, 6.45) is 9.31. The quantitative estimate of drug-likeness (QED) is 0.161. The van der Waals surface area contributed by atoms with E-state index in [4.69, 9.17) is 14.8 Å². The minimum Gasteiger partial charge on any atom is -0.476 e. The molecule has 0 radical (unpaired) electrons. The molecular formula is C44H50N6O4S. The standard InChI is InChI=1S/C44H50N6O4S/c1-27-31(18-45-50(27)26-43-21-41(5)20-42(6,22-43)24-44(23-41,25-43)54-40(2,3)4)29-14-15-35(47-36(29)38(52)53)49-17-16-28-10-9-11-30(32(28)19-49)37(51)48-39-46-33-12-7-8-13-34(33)55-39/h7-15,18H,16-17,19-26H2,1-6H3,(H,52,53)(H,46,48,51). The topological polar surface area (TPSA) is 122 Å². The average molecular weight is 759 g/mol. The first-order chi connectivity index (χ1) is 26.0. The molecule has 0 spiro atoms. The molecule has 0 saturated heterocycles. The second-order valence-electron chi connectivity index (χ2n) is 18.8. The van der Waals surface area contributed by atoms with Gasteiger partial charge >= 0.3 is 5.97 Å². The van der Waals surface area contributed by atoms with Gasteiger partial charge in [0.15, 0.2) is 10.8 Å². The normalized spacial score (nSPS) is 27.1. The van der Waals surface area contributed by atoms with Gasteiger partial charge in [-0.1, -0.05) is 49.4 Å². The van der Waals surface area contributed by atoms with E-state index < -0.39 is 5.97 Å². The van der Waals surface area contributed by atoms with E-state index >= 15 is 0 Å². The van der Waals surface area contributed by atoms with E-state index in [0.29, 0.717) is 41.6 Å². The van der Waals surface area contributed by atoms with Gasteiger partial charge in [0.05, 0.1) is 27.6 Å². The number of nitrogens with one attached hydrogen (secondary N) is 1. The summed E-state index contributed by atoms with van der Waals surface area (Å²) < 4.78 is 10.1. The number of carbonyl (C=O) groups is 2. The molecule has 11 heteroatoms. The molecule has 2 atom stereocenters. The number of anilines is 2. The number of hydrogen-bond donors (Lipinski definition) is 2. The lowest BCUT2D eigenvalue weighted by atomic mass is 9.39. The van der Waals surface area contributed by atoms with Crippen molar-refractivity contribution in [2.75, 3.05) is 16.8 Å². The molecule has 2 unspecified atom stereocenters. The van der Waals surface area contributed by atoms with E-state index in [1.807, 2.05) is 54.7 Å². The van der Waals surface area contributed by atoms with Gasteiger partial charge in [0.1, 0.15) is 5.82 Å². The number of aromatic carboxylic acids is 1. The molecule has 4 aliphatic carbocycles. The number of hydrogen-bond acceptors (Lipinski definition) is 8. The first kappa shape index (κ1) is 36.1. The number of benzene rings is 2. The van der Waals surface area contributed by atoms with Gasteiger partial charge in [-0.2, -0.15) is 5.10 Å². The lowest BCUT2D eigenvalue weighted by molar-refractivity contribution is -0.275. The van der Waals surface area contributed by atoms with Crippen LogP contribution in [0.1, 0.15) is 111 Å². The molecule has 1 aliphatic heterocycles. The molecule has 4 heterocycles. The van der Waals surface area contributed by atoms with E-state index in [2.05, 4.69) is 67.5 Å². The van der Waals surface area contributed by atoms with Crippen molar-refractivity contribution in [2.24, 2.45) is 16.2 Å². The second kappa shape index (κ2) is 12.4. The second-order valence-corrected chi connectivity index (χ2v) is 19.8. The van der Waals surface area contributed by atoms with Crippen LogP contribution in [0, 0.1) is 23.2 Å². The number of ether oxygens (including phenoxy) is 1. The SMILES string of the molecule is Cc1c(-c2ccc(N3CCc4cccc(C(=O)Nc5nc6ccccc6s5)c4C3)nc2C(=O)O)cnn1CC12CC3(C)CC(C)(C1)CC(OC(C)(C)C)(C3)C2. The fraction of sp³-hybridized carbons (Fsp3) is 0.477. The highest BCUT2D eigenvalue weighted by Crippen LogP contribution is 2.72. The molecule has 1 amide bonds. The number of nitrogens with zero attached hydrogens (tertiary/aromatic N) is 5. The molecule has 4 fully saturated rings. The summed E-state index contributed by atoms with van der Waals surface area (Å²) in [4.78, 5) is 37.9. The maximum absolute atomic E-state index is 13.6. The lowest BCUT2D eigenvalue weighted by Gasteiger charge is -2.70. The zero-order valence-electron chi connectivity index (χ0n) is 32.7. The van der Waals surface area contributed by atoms with Crippen molar-refractivity contribution in [3.05, 3.63) is 88.9 Å². The monoisotopic (exact) mass is 758 g/mol. The number of carboxylic acid groups (broad SMARTS) is 1. The maximum Gasteiger partial charge on any atom is 0.355 e. The van der Waals surface area contributed by atoms with Crippen LogP contribution in [-0.2, 0) is 24.2 Å². The Morgan fingerprint density at radius 1 is 0.927 bits per heavy atom. The highest BCUT2D eigenvalue weighted by atomic mass is 32.1. The van der Waals surface area contributed by atoms with Gasteiger partial charge in [-0.05, 0) is 130 Å². The minimum atomic E-state index is -1.08. The van der Waals surface area contributed by atoms with Crippen LogP contribution < -0.4 is 10.2 Å². The fourth-order valence-corrected chi connectivity index (χ4v) is 12.9. The number of aromatic nitrogens is 4.